The van der Waals surface area contributed by atoms with E-state index in [1.165, 1.54) is 23.9 Å². The summed E-state index contributed by atoms with van der Waals surface area (Å²) in [5, 5.41) is 4.62. The van der Waals surface area contributed by atoms with Gasteiger partial charge in [-0.2, -0.15) is 23.3 Å². The van der Waals surface area contributed by atoms with Crippen molar-refractivity contribution in [2.75, 3.05) is 7.11 Å². The molecule has 0 bridgehead atoms. The van der Waals surface area contributed by atoms with Crippen LogP contribution in [-0.4, -0.2) is 33.1 Å². The lowest BCUT2D eigenvalue weighted by Crippen LogP contribution is -2.11. The second-order valence-corrected chi connectivity index (χ2v) is 5.72. The normalized spacial score (nSPS) is 13.0. The highest BCUT2D eigenvalue weighted by atomic mass is 19.4. The number of aldehydes is 1. The van der Waals surface area contributed by atoms with E-state index >= 15 is 0 Å². The fourth-order valence-corrected chi connectivity index (χ4v) is 2.73. The van der Waals surface area contributed by atoms with E-state index in [1.807, 2.05) is 0 Å². The van der Waals surface area contributed by atoms with Crippen molar-refractivity contribution in [3.63, 3.8) is 0 Å². The maximum absolute atomic E-state index is 12.7. The molecule has 1 aromatic carbocycles. The quantitative estimate of drug-likeness (QED) is 0.662. The van der Waals surface area contributed by atoms with Crippen molar-refractivity contribution in [1.29, 1.82) is 0 Å². The number of hydrogen-bond acceptors (Lipinski definition) is 5. The Balaban J connectivity index is 2.13. The van der Waals surface area contributed by atoms with E-state index in [4.69, 9.17) is 4.74 Å². The van der Waals surface area contributed by atoms with Crippen LogP contribution in [0.5, 0.6) is 5.88 Å². The van der Waals surface area contributed by atoms with Crippen molar-refractivity contribution in [2.24, 2.45) is 0 Å². The van der Waals surface area contributed by atoms with E-state index in [9.17, 15) is 18.0 Å². The molecule has 0 saturated carbocycles. The summed E-state index contributed by atoms with van der Waals surface area (Å²) < 4.78 is 44.9. The van der Waals surface area contributed by atoms with Crippen molar-refractivity contribution in [3.8, 4) is 5.88 Å². The number of benzene rings is 1. The molecule has 0 spiro atoms. The molecule has 3 rings (SSSR count). The molecule has 0 fully saturated rings. The van der Waals surface area contributed by atoms with Crippen LogP contribution in [0.2, 0.25) is 0 Å². The maximum Gasteiger partial charge on any atom is 0.416 e. The smallest absolute Gasteiger partial charge is 0.416 e. The molecule has 136 valence electrons. The number of aromatic nitrogens is 4. The topological polar surface area (TPSA) is 69.9 Å². The zero-order valence-corrected chi connectivity index (χ0v) is 14.2. The molecule has 0 aliphatic rings. The van der Waals surface area contributed by atoms with E-state index < -0.39 is 17.8 Å². The Labute approximate surface area is 146 Å². The van der Waals surface area contributed by atoms with E-state index in [0.29, 0.717) is 28.7 Å². The first-order chi connectivity index (χ1) is 12.3. The van der Waals surface area contributed by atoms with Gasteiger partial charge in [0.1, 0.15) is 16.9 Å². The molecule has 3 aromatic rings. The van der Waals surface area contributed by atoms with E-state index in [2.05, 4.69) is 15.1 Å². The highest BCUT2D eigenvalue weighted by Crippen LogP contribution is 2.32. The number of ether oxygens (including phenoxy) is 1. The molecule has 1 atom stereocenters. The van der Waals surface area contributed by atoms with Gasteiger partial charge in [-0.05, 0) is 31.5 Å². The van der Waals surface area contributed by atoms with E-state index in [1.54, 1.807) is 13.8 Å². The molecule has 9 heteroatoms. The van der Waals surface area contributed by atoms with Gasteiger partial charge >= 0.3 is 6.18 Å². The number of fused-ring (bicyclic) bond motifs is 1. The Morgan fingerprint density at radius 2 is 1.85 bits per heavy atom. The van der Waals surface area contributed by atoms with Crippen molar-refractivity contribution in [2.45, 2.75) is 26.1 Å². The molecule has 0 aliphatic carbocycles. The standard InChI is InChI=1S/C17H15F3N4O2/c1-9(11-4-6-12(7-5-11)17(18,19)20)24-15-14(13(8-25)23-24)16(26-3)22-10(2)21-15/h4-9H,1-3H3/t9-/m0/s1. The van der Waals surface area contributed by atoms with Crippen LogP contribution >= 0.6 is 0 Å². The van der Waals surface area contributed by atoms with Crippen LogP contribution in [0.4, 0.5) is 13.2 Å². The van der Waals surface area contributed by atoms with Gasteiger partial charge in [-0.15, -0.1) is 0 Å². The third-order valence-corrected chi connectivity index (χ3v) is 4.05. The molecule has 2 aromatic heterocycles. The van der Waals surface area contributed by atoms with Crippen molar-refractivity contribution in [3.05, 3.63) is 46.9 Å². The summed E-state index contributed by atoms with van der Waals surface area (Å²) in [6.07, 6.45) is -3.83. The van der Waals surface area contributed by atoms with Gasteiger partial charge in [0.05, 0.1) is 18.7 Å². The number of rotatable bonds is 4. The first-order valence-electron chi connectivity index (χ1n) is 7.69. The molecule has 26 heavy (non-hydrogen) atoms. The number of halogens is 3. The molecular weight excluding hydrogens is 349 g/mol. The Kier molecular flexibility index (Phi) is 4.39. The minimum absolute atomic E-state index is 0.107. The van der Waals surface area contributed by atoms with Crippen LogP contribution in [0.1, 0.15) is 40.4 Å². The molecular formula is C17H15F3N4O2. The predicted octanol–water partition coefficient (Wildman–Crippen LogP) is 3.58. The fraction of sp³-hybridized carbons (Fsp3) is 0.294. The Morgan fingerprint density at radius 3 is 2.38 bits per heavy atom. The van der Waals surface area contributed by atoms with E-state index in [-0.39, 0.29) is 11.6 Å². The van der Waals surface area contributed by atoms with E-state index in [0.717, 1.165) is 12.1 Å². The van der Waals surface area contributed by atoms with Crippen molar-refractivity contribution >= 4 is 17.3 Å². The van der Waals surface area contributed by atoms with Crippen LogP contribution in [-0.2, 0) is 6.18 Å². The maximum atomic E-state index is 12.7. The molecule has 6 nitrogen and oxygen atoms in total. The summed E-state index contributed by atoms with van der Waals surface area (Å²) in [6.45, 7) is 3.43. The number of hydrogen-bond donors (Lipinski definition) is 0. The molecule has 2 heterocycles. The minimum atomic E-state index is -4.40. The second kappa shape index (κ2) is 6.40. The number of aryl methyl sites for hydroxylation is 1. The lowest BCUT2D eigenvalue weighted by atomic mass is 10.1. The largest absolute Gasteiger partial charge is 0.480 e. The predicted molar refractivity (Wildman–Crippen MR) is 87.3 cm³/mol. The lowest BCUT2D eigenvalue weighted by Gasteiger charge is -2.15. The average Bonchev–Trinajstić information content (AvgIpc) is 2.98. The van der Waals surface area contributed by atoms with Crippen molar-refractivity contribution in [1.82, 2.24) is 19.7 Å². The highest BCUT2D eigenvalue weighted by molar-refractivity contribution is 5.96. The molecule has 0 aliphatic heterocycles. The summed E-state index contributed by atoms with van der Waals surface area (Å²) in [5.41, 5.74) is 0.349. The van der Waals surface area contributed by atoms with Gasteiger partial charge in [0.15, 0.2) is 11.9 Å². The molecule has 0 radical (unpaired) electrons. The number of carbonyl (C=O) groups is 1. The van der Waals surface area contributed by atoms with Gasteiger partial charge in [0.25, 0.3) is 0 Å². The zero-order chi connectivity index (χ0) is 19.1. The van der Waals surface area contributed by atoms with Gasteiger partial charge in [0.2, 0.25) is 5.88 Å². The lowest BCUT2D eigenvalue weighted by molar-refractivity contribution is -0.137. The molecule has 0 unspecified atom stereocenters. The van der Waals surface area contributed by atoms with Crippen LogP contribution in [0.15, 0.2) is 24.3 Å². The average molecular weight is 364 g/mol. The second-order valence-electron chi connectivity index (χ2n) is 5.72. The summed E-state index contributed by atoms with van der Waals surface area (Å²) >= 11 is 0. The van der Waals surface area contributed by atoms with Gasteiger partial charge in [0, 0.05) is 0 Å². The first kappa shape index (κ1) is 17.8. The first-order valence-corrected chi connectivity index (χ1v) is 7.69. The van der Waals surface area contributed by atoms with Crippen molar-refractivity contribution < 1.29 is 22.7 Å². The summed E-state index contributed by atoms with van der Waals surface area (Å²) in [4.78, 5) is 19.9. The Hall–Kier alpha value is -2.97. The highest BCUT2D eigenvalue weighted by Gasteiger charge is 2.30. The van der Waals surface area contributed by atoms with Crippen LogP contribution in [0.3, 0.4) is 0 Å². The Bertz CT molecular complexity index is 965. The molecule has 0 saturated heterocycles. The SMILES string of the molecule is COc1nc(C)nc2c1c(C=O)nn2[C@@H](C)c1ccc(C(F)(F)F)cc1. The van der Waals surface area contributed by atoms with Gasteiger partial charge < -0.3 is 4.74 Å². The number of carbonyl (C=O) groups excluding carboxylic acids is 1. The zero-order valence-electron chi connectivity index (χ0n) is 14.2. The molecule has 0 N–H and O–H groups in total. The summed E-state index contributed by atoms with van der Waals surface area (Å²) in [5.74, 6) is 0.646. The van der Waals surface area contributed by atoms with Crippen LogP contribution in [0, 0.1) is 6.92 Å². The van der Waals surface area contributed by atoms with Crippen LogP contribution in [0.25, 0.3) is 11.0 Å². The van der Waals surface area contributed by atoms with Gasteiger partial charge in [-0.25, -0.2) is 9.67 Å². The Morgan fingerprint density at radius 1 is 1.19 bits per heavy atom. The number of alkyl halides is 3. The third-order valence-electron chi connectivity index (χ3n) is 4.05. The van der Waals surface area contributed by atoms with Crippen LogP contribution < -0.4 is 4.74 Å². The minimum Gasteiger partial charge on any atom is -0.480 e. The fourth-order valence-electron chi connectivity index (χ4n) is 2.73. The summed E-state index contributed by atoms with van der Waals surface area (Å²) in [7, 11) is 1.42. The summed E-state index contributed by atoms with van der Waals surface area (Å²) in [6, 6.07) is 4.34. The van der Waals surface area contributed by atoms with Gasteiger partial charge in [-0.3, -0.25) is 4.79 Å². The number of nitrogens with zero attached hydrogens (tertiary/aromatic N) is 4. The number of methoxy groups -OCH3 is 1. The molecule has 0 amide bonds. The monoisotopic (exact) mass is 364 g/mol. The van der Waals surface area contributed by atoms with Gasteiger partial charge in [-0.1, -0.05) is 12.1 Å². The third kappa shape index (κ3) is 3.00.